The summed E-state index contributed by atoms with van der Waals surface area (Å²) in [6, 6.07) is 8.34. The molecule has 188 valence electrons. The fraction of sp³-hybridized carbons (Fsp3) is 0.500. The van der Waals surface area contributed by atoms with Crippen LogP contribution in [0.5, 0.6) is 0 Å². The van der Waals surface area contributed by atoms with Crippen molar-refractivity contribution in [1.82, 2.24) is 25.8 Å². The van der Waals surface area contributed by atoms with Crippen LogP contribution in [-0.4, -0.2) is 95.0 Å². The molecule has 0 aliphatic carbocycles. The molecule has 3 heterocycles. The van der Waals surface area contributed by atoms with Crippen molar-refractivity contribution in [2.45, 2.75) is 38.5 Å². The van der Waals surface area contributed by atoms with E-state index in [0.29, 0.717) is 31.2 Å². The molecule has 2 amide bonds. The molecular weight excluding hydrogens is 450 g/mol. The summed E-state index contributed by atoms with van der Waals surface area (Å²) in [6.07, 6.45) is 2.65. The minimum absolute atomic E-state index is 0.0145. The minimum atomic E-state index is -0.674. The van der Waals surface area contributed by atoms with Gasteiger partial charge in [0.05, 0.1) is 6.10 Å². The van der Waals surface area contributed by atoms with Crippen molar-refractivity contribution in [1.29, 1.82) is 0 Å². The number of carbonyl (C=O) groups is 2. The first-order chi connectivity index (χ1) is 16.9. The van der Waals surface area contributed by atoms with E-state index in [4.69, 9.17) is 5.21 Å². The molecule has 0 radical (unpaired) electrons. The summed E-state index contributed by atoms with van der Waals surface area (Å²) in [5, 5.41) is 31.3. The molecule has 35 heavy (non-hydrogen) atoms. The van der Waals surface area contributed by atoms with E-state index in [1.165, 1.54) is 18.1 Å². The Hall–Kier alpha value is -3.44. The molecular formula is C24H33N7O4. The fourth-order valence-electron chi connectivity index (χ4n) is 4.60. The average molecular weight is 484 g/mol. The second-order valence-electron chi connectivity index (χ2n) is 9.12. The number of aliphatic hydroxyl groups is 1. The lowest BCUT2D eigenvalue weighted by atomic mass is 10.00. The maximum absolute atomic E-state index is 12.7. The van der Waals surface area contributed by atoms with E-state index in [2.05, 4.69) is 49.2 Å². The number of carbonyl (C=O) groups excluding carboxylic acids is 2. The Bertz CT molecular complexity index is 1040. The zero-order chi connectivity index (χ0) is 24.8. The molecule has 0 aromatic heterocycles. The SMILES string of the molecule is C/C(=N/O)C(=O)N1CCC(NC2=NCNC(C(=O)NC[C@H](O)CN3CCc4ccccc4C3)=C2)C1. The van der Waals surface area contributed by atoms with Crippen LogP contribution in [-0.2, 0) is 22.6 Å². The number of β-amino-alcohol motifs (C(OH)–C–C–N with tert-alkyl or cyclic N) is 1. The molecule has 3 aliphatic heterocycles. The van der Waals surface area contributed by atoms with Crippen LogP contribution in [0.3, 0.4) is 0 Å². The van der Waals surface area contributed by atoms with Gasteiger partial charge in [-0.05, 0) is 30.9 Å². The molecule has 1 aromatic carbocycles. The van der Waals surface area contributed by atoms with Gasteiger partial charge in [0.15, 0.2) is 0 Å². The van der Waals surface area contributed by atoms with E-state index in [1.807, 2.05) is 6.07 Å². The monoisotopic (exact) mass is 483 g/mol. The number of likely N-dealkylation sites (tertiary alicyclic amines) is 1. The Morgan fingerprint density at radius 2 is 2.09 bits per heavy atom. The summed E-state index contributed by atoms with van der Waals surface area (Å²) in [7, 11) is 0. The van der Waals surface area contributed by atoms with Crippen LogP contribution in [0.2, 0.25) is 0 Å². The number of fused-ring (bicyclic) bond motifs is 1. The van der Waals surface area contributed by atoms with Crippen molar-refractivity contribution in [3.05, 3.63) is 47.2 Å². The number of hydrogen-bond acceptors (Lipinski definition) is 9. The number of nitrogens with zero attached hydrogens (tertiary/aromatic N) is 4. The number of benzene rings is 1. The Labute approximate surface area is 204 Å². The molecule has 1 saturated heterocycles. The summed E-state index contributed by atoms with van der Waals surface area (Å²) in [4.78, 5) is 33.0. The van der Waals surface area contributed by atoms with E-state index >= 15 is 0 Å². The standard InChI is InChI=1S/C24H33N7O4/c1-16(29-35)24(34)31-9-7-19(13-31)28-22-10-21(26-15-27-22)23(33)25-11-20(32)14-30-8-6-17-4-2-3-5-18(17)12-30/h2-5,10,19-20,26,32,35H,6-9,11-15H2,1H3,(H,25,33)(H,27,28)/b29-16-/t19?,20-/m0/s1. The predicted octanol–water partition coefficient (Wildman–Crippen LogP) is -0.594. The van der Waals surface area contributed by atoms with Crippen LogP contribution >= 0.6 is 0 Å². The number of oxime groups is 1. The number of amidine groups is 1. The van der Waals surface area contributed by atoms with Crippen LogP contribution in [0.25, 0.3) is 0 Å². The molecule has 5 N–H and O–H groups in total. The zero-order valence-electron chi connectivity index (χ0n) is 19.9. The lowest BCUT2D eigenvalue weighted by molar-refractivity contribution is -0.123. The van der Waals surface area contributed by atoms with Crippen molar-refractivity contribution in [3.63, 3.8) is 0 Å². The summed E-state index contributed by atoms with van der Waals surface area (Å²) in [5.74, 6) is -0.0412. The van der Waals surface area contributed by atoms with Crippen molar-refractivity contribution >= 4 is 23.4 Å². The third-order valence-corrected chi connectivity index (χ3v) is 6.51. The Morgan fingerprint density at radius 1 is 1.29 bits per heavy atom. The van der Waals surface area contributed by atoms with E-state index < -0.39 is 6.10 Å². The van der Waals surface area contributed by atoms with Crippen molar-refractivity contribution in [2.75, 3.05) is 39.4 Å². The quantitative estimate of drug-likeness (QED) is 0.198. The number of aliphatic hydroxyl groups excluding tert-OH is 1. The van der Waals surface area contributed by atoms with Gasteiger partial charge in [0.25, 0.3) is 11.8 Å². The molecule has 2 atom stereocenters. The third kappa shape index (κ3) is 6.37. The molecule has 3 aliphatic rings. The number of hydrogen-bond donors (Lipinski definition) is 5. The first kappa shape index (κ1) is 24.7. The Kier molecular flexibility index (Phi) is 7.98. The molecule has 0 spiro atoms. The van der Waals surface area contributed by atoms with Crippen molar-refractivity contribution in [3.8, 4) is 0 Å². The van der Waals surface area contributed by atoms with Gasteiger partial charge >= 0.3 is 0 Å². The number of aliphatic imine (C=N–C) groups is 1. The third-order valence-electron chi connectivity index (χ3n) is 6.51. The highest BCUT2D eigenvalue weighted by Gasteiger charge is 2.28. The van der Waals surface area contributed by atoms with Gasteiger partial charge in [-0.3, -0.25) is 14.5 Å². The fourth-order valence-corrected chi connectivity index (χ4v) is 4.60. The lowest BCUT2D eigenvalue weighted by Gasteiger charge is -2.30. The molecule has 1 unspecified atom stereocenters. The van der Waals surface area contributed by atoms with Crippen LogP contribution in [0.4, 0.5) is 0 Å². The first-order valence-corrected chi connectivity index (χ1v) is 11.9. The van der Waals surface area contributed by atoms with Crippen LogP contribution in [0.15, 0.2) is 46.2 Å². The molecule has 0 saturated carbocycles. The largest absolute Gasteiger partial charge is 0.410 e. The minimum Gasteiger partial charge on any atom is -0.410 e. The van der Waals surface area contributed by atoms with Crippen LogP contribution in [0, 0.1) is 0 Å². The molecule has 11 heteroatoms. The number of amides is 2. The summed E-state index contributed by atoms with van der Waals surface area (Å²) < 4.78 is 0. The van der Waals surface area contributed by atoms with E-state index in [0.717, 1.165) is 25.9 Å². The van der Waals surface area contributed by atoms with Crippen LogP contribution in [0.1, 0.15) is 24.5 Å². The van der Waals surface area contributed by atoms with E-state index in [-0.39, 0.29) is 36.8 Å². The molecule has 1 aromatic rings. The van der Waals surface area contributed by atoms with Gasteiger partial charge in [-0.2, -0.15) is 0 Å². The number of nitrogens with one attached hydrogen (secondary N) is 3. The van der Waals surface area contributed by atoms with Crippen molar-refractivity contribution < 1.29 is 19.9 Å². The summed E-state index contributed by atoms with van der Waals surface area (Å²) in [6.45, 7) is 5.06. The Morgan fingerprint density at radius 3 is 2.89 bits per heavy atom. The highest BCUT2D eigenvalue weighted by Crippen LogP contribution is 2.18. The molecule has 11 nitrogen and oxygen atoms in total. The molecule has 0 bridgehead atoms. The topological polar surface area (TPSA) is 142 Å². The van der Waals surface area contributed by atoms with Gasteiger partial charge in [0.2, 0.25) is 0 Å². The molecule has 1 fully saturated rings. The maximum Gasteiger partial charge on any atom is 0.271 e. The lowest BCUT2D eigenvalue weighted by Crippen LogP contribution is -2.45. The van der Waals surface area contributed by atoms with Crippen LogP contribution < -0.4 is 16.0 Å². The average Bonchev–Trinajstić information content (AvgIpc) is 3.34. The molecule has 4 rings (SSSR count). The van der Waals surface area contributed by atoms with Gasteiger partial charge in [0.1, 0.15) is 23.9 Å². The highest BCUT2D eigenvalue weighted by atomic mass is 16.4. The normalized spacial score (nSPS) is 21.4. The summed E-state index contributed by atoms with van der Waals surface area (Å²) >= 11 is 0. The van der Waals surface area contributed by atoms with Gasteiger partial charge in [-0.15, -0.1) is 0 Å². The summed E-state index contributed by atoms with van der Waals surface area (Å²) in [5.41, 5.74) is 3.07. The van der Waals surface area contributed by atoms with Gasteiger partial charge in [-0.25, -0.2) is 4.99 Å². The maximum atomic E-state index is 12.7. The van der Waals surface area contributed by atoms with Gasteiger partial charge in [-0.1, -0.05) is 29.4 Å². The zero-order valence-corrected chi connectivity index (χ0v) is 19.9. The van der Waals surface area contributed by atoms with Gasteiger partial charge < -0.3 is 31.2 Å². The van der Waals surface area contributed by atoms with Crippen molar-refractivity contribution in [2.24, 2.45) is 10.1 Å². The smallest absolute Gasteiger partial charge is 0.271 e. The van der Waals surface area contributed by atoms with E-state index in [1.54, 1.807) is 11.0 Å². The highest BCUT2D eigenvalue weighted by molar-refractivity contribution is 6.37. The van der Waals surface area contributed by atoms with Gasteiger partial charge in [0, 0.05) is 51.4 Å². The predicted molar refractivity (Wildman–Crippen MR) is 131 cm³/mol. The number of rotatable bonds is 7. The first-order valence-electron chi connectivity index (χ1n) is 11.9. The van der Waals surface area contributed by atoms with E-state index in [9.17, 15) is 14.7 Å². The Balaban J connectivity index is 1.22. The second-order valence-corrected chi connectivity index (χ2v) is 9.12. The second kappa shape index (κ2) is 11.3.